The van der Waals surface area contributed by atoms with Crippen LogP contribution in [0.25, 0.3) is 0 Å². The van der Waals surface area contributed by atoms with Crippen molar-refractivity contribution in [3.05, 3.63) is 71.5 Å². The van der Waals surface area contributed by atoms with E-state index in [1.165, 1.54) is 6.42 Å². The first-order valence-electron chi connectivity index (χ1n) is 11.9. The van der Waals surface area contributed by atoms with E-state index < -0.39 is 5.60 Å². The molecule has 1 saturated carbocycles. The number of anilines is 3. The minimum atomic E-state index is -0.779. The number of aryl methyl sites for hydroxylation is 1. The van der Waals surface area contributed by atoms with Gasteiger partial charge in [0.25, 0.3) is 0 Å². The minimum absolute atomic E-state index is 0.200. The predicted molar refractivity (Wildman–Crippen MR) is 130 cm³/mol. The van der Waals surface area contributed by atoms with Crippen molar-refractivity contribution in [1.29, 1.82) is 0 Å². The largest absolute Gasteiger partial charge is 0.385 e. The average Bonchev–Trinajstić information content (AvgIpc) is 2.81. The molecule has 0 radical (unpaired) electrons. The topological polar surface area (TPSA) is 100 Å². The zero-order valence-electron chi connectivity index (χ0n) is 19.1. The Morgan fingerprint density at radius 3 is 2.70 bits per heavy atom. The van der Waals surface area contributed by atoms with E-state index in [0.29, 0.717) is 30.8 Å². The number of nitrogens with zero attached hydrogens (tertiary/aromatic N) is 4. The number of hydrogen-bond donors (Lipinski definition) is 3. The third-order valence-electron chi connectivity index (χ3n) is 7.18. The lowest BCUT2D eigenvalue weighted by atomic mass is 9.66. The van der Waals surface area contributed by atoms with E-state index in [1.54, 1.807) is 0 Å². The second kappa shape index (κ2) is 9.08. The van der Waals surface area contributed by atoms with Gasteiger partial charge in [-0.25, -0.2) is 0 Å². The molecule has 7 heteroatoms. The summed E-state index contributed by atoms with van der Waals surface area (Å²) in [5.74, 6) is 1.54. The molecule has 3 atom stereocenters. The molecule has 1 aliphatic heterocycles. The Hall–Kier alpha value is -3.03. The van der Waals surface area contributed by atoms with Crippen molar-refractivity contribution < 1.29 is 5.11 Å². The van der Waals surface area contributed by atoms with Crippen molar-refractivity contribution in [1.82, 2.24) is 19.9 Å². The number of nitrogens with one attached hydrogen (secondary N) is 1. The lowest BCUT2D eigenvalue weighted by Gasteiger charge is -2.52. The summed E-state index contributed by atoms with van der Waals surface area (Å²) in [4.78, 5) is 15.8. The van der Waals surface area contributed by atoms with Gasteiger partial charge in [-0.15, -0.1) is 0 Å². The molecule has 2 aliphatic rings. The molecular weight excluding hydrogens is 412 g/mol. The van der Waals surface area contributed by atoms with Gasteiger partial charge in [-0.1, -0.05) is 55.3 Å². The van der Waals surface area contributed by atoms with E-state index in [4.69, 9.17) is 5.73 Å². The number of rotatable bonds is 5. The molecule has 1 aromatic heterocycles. The second-order valence-corrected chi connectivity index (χ2v) is 9.40. The smallest absolute Gasteiger partial charge is 0.232 e. The summed E-state index contributed by atoms with van der Waals surface area (Å²) in [7, 11) is 0. The highest BCUT2D eigenvalue weighted by Gasteiger charge is 2.49. The fraction of sp³-hybridized carbons (Fsp3) is 0.423. The zero-order chi connectivity index (χ0) is 22.8. The van der Waals surface area contributed by atoms with Crippen molar-refractivity contribution in [3.8, 4) is 0 Å². The second-order valence-electron chi connectivity index (χ2n) is 9.40. The molecule has 5 rings (SSSR count). The molecule has 33 heavy (non-hydrogen) atoms. The molecular formula is C26H32N6O. The quantitative estimate of drug-likeness (QED) is 0.543. The Balaban J connectivity index is 1.37. The molecule has 3 aromatic rings. The molecule has 0 bridgehead atoms. The first kappa shape index (κ1) is 21.8. The van der Waals surface area contributed by atoms with Gasteiger partial charge < -0.3 is 16.2 Å². The fourth-order valence-corrected chi connectivity index (χ4v) is 5.65. The van der Waals surface area contributed by atoms with E-state index in [0.717, 1.165) is 42.6 Å². The van der Waals surface area contributed by atoms with E-state index in [-0.39, 0.29) is 11.9 Å². The maximum absolute atomic E-state index is 11.8. The maximum Gasteiger partial charge on any atom is 0.232 e. The molecule has 1 aliphatic carbocycles. The van der Waals surface area contributed by atoms with Gasteiger partial charge in [0.1, 0.15) is 5.82 Å². The van der Waals surface area contributed by atoms with Crippen LogP contribution >= 0.6 is 0 Å². The van der Waals surface area contributed by atoms with E-state index >= 15 is 0 Å². The monoisotopic (exact) mass is 444 g/mol. The van der Waals surface area contributed by atoms with Crippen LogP contribution in [0.4, 0.5) is 17.6 Å². The summed E-state index contributed by atoms with van der Waals surface area (Å²) >= 11 is 0. The molecule has 2 heterocycles. The summed E-state index contributed by atoms with van der Waals surface area (Å²) in [6.07, 6.45) is 5.16. The van der Waals surface area contributed by atoms with Crippen LogP contribution in [0.2, 0.25) is 0 Å². The Morgan fingerprint density at radius 1 is 1.06 bits per heavy atom. The summed E-state index contributed by atoms with van der Waals surface area (Å²) in [5, 5.41) is 15.1. The summed E-state index contributed by atoms with van der Waals surface area (Å²) in [5.41, 5.74) is 8.38. The van der Waals surface area contributed by atoms with Crippen LogP contribution in [-0.2, 0) is 12.1 Å². The van der Waals surface area contributed by atoms with Crippen LogP contribution in [0.1, 0.15) is 49.1 Å². The van der Waals surface area contributed by atoms with Crippen LogP contribution in [0, 0.1) is 12.8 Å². The Kier molecular flexibility index (Phi) is 6.00. The molecule has 0 amide bonds. The van der Waals surface area contributed by atoms with Crippen molar-refractivity contribution in [3.63, 3.8) is 0 Å². The molecule has 2 aromatic carbocycles. The predicted octanol–water partition coefficient (Wildman–Crippen LogP) is 4.16. The van der Waals surface area contributed by atoms with Gasteiger partial charge in [-0.3, -0.25) is 4.90 Å². The van der Waals surface area contributed by atoms with E-state index in [1.807, 2.05) is 49.4 Å². The van der Waals surface area contributed by atoms with Gasteiger partial charge in [-0.2, -0.15) is 15.0 Å². The van der Waals surface area contributed by atoms with Crippen LogP contribution < -0.4 is 11.1 Å². The molecule has 4 N–H and O–H groups in total. The first-order valence-corrected chi connectivity index (χ1v) is 11.9. The Morgan fingerprint density at radius 2 is 1.88 bits per heavy atom. The number of piperidine rings is 1. The third-order valence-corrected chi connectivity index (χ3v) is 7.18. The minimum Gasteiger partial charge on any atom is -0.385 e. The van der Waals surface area contributed by atoms with Crippen molar-refractivity contribution in [2.75, 3.05) is 17.6 Å². The van der Waals surface area contributed by atoms with Gasteiger partial charge in [-0.05, 0) is 49.4 Å². The summed E-state index contributed by atoms with van der Waals surface area (Å²) in [6, 6.07) is 18.5. The van der Waals surface area contributed by atoms with Crippen LogP contribution in [0.15, 0.2) is 54.6 Å². The van der Waals surface area contributed by atoms with Gasteiger partial charge in [0.2, 0.25) is 11.9 Å². The molecule has 2 fully saturated rings. The van der Waals surface area contributed by atoms with Gasteiger partial charge in [0, 0.05) is 24.2 Å². The maximum atomic E-state index is 11.8. The summed E-state index contributed by atoms with van der Waals surface area (Å²) in [6.45, 7) is 3.44. The van der Waals surface area contributed by atoms with Crippen molar-refractivity contribution in [2.45, 2.75) is 57.2 Å². The average molecular weight is 445 g/mol. The zero-order valence-corrected chi connectivity index (χ0v) is 19.1. The highest BCUT2D eigenvalue weighted by Crippen LogP contribution is 2.47. The van der Waals surface area contributed by atoms with Crippen molar-refractivity contribution in [2.24, 2.45) is 5.92 Å². The Labute approximate surface area is 195 Å². The van der Waals surface area contributed by atoms with E-state index in [9.17, 15) is 5.11 Å². The number of nitrogen functional groups attached to an aromatic ring is 1. The number of benzene rings is 2. The van der Waals surface area contributed by atoms with Gasteiger partial charge >= 0.3 is 0 Å². The molecule has 0 spiro atoms. The SMILES string of the molecule is Cc1cccc(Nc2nc(N)nc(CN3CC[C@@](O)(c4ccccc4)[C@H]4CCCC[C@H]43)n2)c1. The van der Waals surface area contributed by atoms with Crippen LogP contribution in [0.3, 0.4) is 0 Å². The fourth-order valence-electron chi connectivity index (χ4n) is 5.65. The standard InChI is InChI=1S/C26H32N6O/c1-18-8-7-11-20(16-18)28-25-30-23(29-24(27)31-25)17-32-15-14-26(33,19-9-3-2-4-10-19)21-12-5-6-13-22(21)32/h2-4,7-11,16,21-22,33H,5-6,12-15,17H2,1H3,(H3,27,28,29,30,31)/t21-,22+,26+/m0/s1. The van der Waals surface area contributed by atoms with Gasteiger partial charge in [0.15, 0.2) is 0 Å². The molecule has 172 valence electrons. The number of nitrogens with two attached hydrogens (primary N) is 1. The summed E-state index contributed by atoms with van der Waals surface area (Å²) < 4.78 is 0. The molecule has 0 unspecified atom stereocenters. The van der Waals surface area contributed by atoms with Crippen molar-refractivity contribution >= 4 is 17.6 Å². The van der Waals surface area contributed by atoms with Crippen LogP contribution in [0.5, 0.6) is 0 Å². The number of aliphatic hydroxyl groups is 1. The highest BCUT2D eigenvalue weighted by molar-refractivity contribution is 5.54. The molecule has 1 saturated heterocycles. The number of fused-ring (bicyclic) bond motifs is 1. The Bertz CT molecular complexity index is 1110. The number of aromatic nitrogens is 3. The van der Waals surface area contributed by atoms with E-state index in [2.05, 4.69) is 37.3 Å². The highest BCUT2D eigenvalue weighted by atomic mass is 16.3. The first-order chi connectivity index (χ1) is 16.0. The van der Waals surface area contributed by atoms with Gasteiger partial charge in [0.05, 0.1) is 12.1 Å². The molecule has 7 nitrogen and oxygen atoms in total. The lowest BCUT2D eigenvalue weighted by Crippen LogP contribution is -2.57. The van der Waals surface area contributed by atoms with Crippen LogP contribution in [-0.4, -0.2) is 37.5 Å². The number of likely N-dealkylation sites (tertiary alicyclic amines) is 1. The lowest BCUT2D eigenvalue weighted by molar-refractivity contribution is -0.123. The normalized spacial score (nSPS) is 25.4. The number of hydrogen-bond acceptors (Lipinski definition) is 7. The third kappa shape index (κ3) is 4.56.